The largest absolute Gasteiger partial charge is 0.478 e. The molecule has 0 atom stereocenters. The summed E-state index contributed by atoms with van der Waals surface area (Å²) in [6.07, 6.45) is 10.3. The van der Waals surface area contributed by atoms with Crippen LogP contribution in [0, 0.1) is 0 Å². The van der Waals surface area contributed by atoms with E-state index in [-0.39, 0.29) is 0 Å². The molecule has 0 fully saturated rings. The number of benzene rings is 2. The molecule has 0 saturated carbocycles. The third-order valence-electron chi connectivity index (χ3n) is 5.68. The number of carbonyl (C=O) groups is 1. The van der Waals surface area contributed by atoms with Gasteiger partial charge in [0.25, 0.3) is 0 Å². The van der Waals surface area contributed by atoms with Gasteiger partial charge in [0.1, 0.15) is 0 Å². The van der Waals surface area contributed by atoms with Gasteiger partial charge in [-0.3, -0.25) is 0 Å². The highest BCUT2D eigenvalue weighted by Crippen LogP contribution is 2.41. The van der Waals surface area contributed by atoms with Crippen molar-refractivity contribution in [3.05, 3.63) is 58.7 Å². The van der Waals surface area contributed by atoms with E-state index in [0.717, 1.165) is 17.3 Å². The second kappa shape index (κ2) is 6.91. The number of hydrogen-bond acceptors (Lipinski definition) is 2. The number of nitrogens with one attached hydrogen (secondary N) is 1. The highest BCUT2D eigenvalue weighted by molar-refractivity contribution is 5.88. The van der Waals surface area contributed by atoms with E-state index in [1.807, 2.05) is 12.1 Å². The molecular formula is C22H25NO2. The molecule has 0 heterocycles. The molecule has 0 unspecified atom stereocenters. The van der Waals surface area contributed by atoms with Crippen LogP contribution in [-0.4, -0.2) is 11.1 Å². The lowest BCUT2D eigenvalue weighted by molar-refractivity contribution is 0.0697. The summed E-state index contributed by atoms with van der Waals surface area (Å²) in [5.41, 5.74) is 7.12. The maximum Gasteiger partial charge on any atom is 0.335 e. The van der Waals surface area contributed by atoms with Crippen LogP contribution in [-0.2, 0) is 12.8 Å². The number of anilines is 2. The van der Waals surface area contributed by atoms with Crippen molar-refractivity contribution in [3.8, 4) is 0 Å². The van der Waals surface area contributed by atoms with Gasteiger partial charge in [-0.2, -0.15) is 0 Å². The fourth-order valence-electron chi connectivity index (χ4n) is 4.50. The second-order valence-electron chi connectivity index (χ2n) is 7.40. The Morgan fingerprint density at radius 1 is 0.880 bits per heavy atom. The van der Waals surface area contributed by atoms with Gasteiger partial charge < -0.3 is 10.4 Å². The molecule has 25 heavy (non-hydrogen) atoms. The standard InChI is InChI=1S/C22H25NO2/c24-22(25)16-9-11-19(12-10-16)23-20-13-17-7-3-1-5-15-6-2-4-8-18(14-20)21(15)17/h9-15,23H,1-8H2,(H,24,25). The van der Waals surface area contributed by atoms with Crippen LogP contribution >= 0.6 is 0 Å². The zero-order valence-corrected chi connectivity index (χ0v) is 14.6. The minimum absolute atomic E-state index is 0.321. The molecule has 130 valence electrons. The fourth-order valence-corrected chi connectivity index (χ4v) is 4.50. The quantitative estimate of drug-likeness (QED) is 0.760. The maximum absolute atomic E-state index is 11.0. The van der Waals surface area contributed by atoms with E-state index in [2.05, 4.69) is 17.4 Å². The first-order valence-electron chi connectivity index (χ1n) is 9.47. The normalized spacial score (nSPS) is 17.3. The van der Waals surface area contributed by atoms with Crippen molar-refractivity contribution in [1.82, 2.24) is 0 Å². The van der Waals surface area contributed by atoms with Crippen LogP contribution in [0.2, 0.25) is 0 Å². The van der Waals surface area contributed by atoms with Crippen molar-refractivity contribution in [2.24, 2.45) is 0 Å². The van der Waals surface area contributed by atoms with Gasteiger partial charge in [-0.05, 0) is 97.5 Å². The molecule has 2 N–H and O–H groups in total. The Morgan fingerprint density at radius 2 is 1.48 bits per heavy atom. The van der Waals surface area contributed by atoms with Gasteiger partial charge in [0.15, 0.2) is 0 Å². The minimum Gasteiger partial charge on any atom is -0.478 e. The van der Waals surface area contributed by atoms with Crippen molar-refractivity contribution < 1.29 is 9.90 Å². The van der Waals surface area contributed by atoms with Gasteiger partial charge in [-0.25, -0.2) is 4.79 Å². The molecule has 0 bridgehead atoms. The summed E-state index contributed by atoms with van der Waals surface area (Å²) in [5.74, 6) is -0.123. The summed E-state index contributed by atoms with van der Waals surface area (Å²) < 4.78 is 0. The summed E-state index contributed by atoms with van der Waals surface area (Å²) >= 11 is 0. The molecule has 2 aromatic rings. The summed E-state index contributed by atoms with van der Waals surface area (Å²) in [6, 6.07) is 11.6. The second-order valence-corrected chi connectivity index (χ2v) is 7.40. The molecule has 2 aromatic carbocycles. The van der Waals surface area contributed by atoms with Crippen molar-refractivity contribution in [2.45, 2.75) is 57.3 Å². The van der Waals surface area contributed by atoms with Crippen LogP contribution in [0.15, 0.2) is 36.4 Å². The van der Waals surface area contributed by atoms with E-state index in [0.29, 0.717) is 5.56 Å². The zero-order valence-electron chi connectivity index (χ0n) is 14.6. The molecule has 0 aromatic heterocycles. The minimum atomic E-state index is -0.886. The van der Waals surface area contributed by atoms with E-state index in [4.69, 9.17) is 5.11 Å². The molecule has 0 spiro atoms. The first kappa shape index (κ1) is 16.2. The number of aromatic carboxylic acids is 1. The average Bonchev–Trinajstić information content (AvgIpc) is 2.93. The van der Waals surface area contributed by atoms with Gasteiger partial charge in [-0.15, -0.1) is 0 Å². The predicted molar refractivity (Wildman–Crippen MR) is 101 cm³/mol. The molecule has 2 aliphatic rings. The average molecular weight is 335 g/mol. The first-order valence-corrected chi connectivity index (χ1v) is 9.47. The lowest BCUT2D eigenvalue weighted by atomic mass is 9.87. The van der Waals surface area contributed by atoms with Crippen LogP contribution in [0.4, 0.5) is 11.4 Å². The topological polar surface area (TPSA) is 49.3 Å². The highest BCUT2D eigenvalue weighted by Gasteiger charge is 2.24. The third-order valence-corrected chi connectivity index (χ3v) is 5.68. The number of hydrogen-bond donors (Lipinski definition) is 2. The third kappa shape index (κ3) is 3.41. The summed E-state index contributed by atoms with van der Waals surface area (Å²) in [7, 11) is 0. The van der Waals surface area contributed by atoms with Gasteiger partial charge in [0.2, 0.25) is 0 Å². The lowest BCUT2D eigenvalue weighted by Gasteiger charge is -2.20. The first-order chi connectivity index (χ1) is 12.2. The molecule has 0 aliphatic heterocycles. The van der Waals surface area contributed by atoms with Crippen molar-refractivity contribution in [2.75, 3.05) is 5.32 Å². The van der Waals surface area contributed by atoms with Crippen molar-refractivity contribution in [1.29, 1.82) is 0 Å². The Labute approximate surface area is 149 Å². The molecular weight excluding hydrogens is 310 g/mol. The van der Waals surface area contributed by atoms with E-state index >= 15 is 0 Å². The molecule has 0 radical (unpaired) electrons. The maximum atomic E-state index is 11.0. The predicted octanol–water partition coefficient (Wildman–Crippen LogP) is 5.66. The summed E-state index contributed by atoms with van der Waals surface area (Å²) in [4.78, 5) is 11.0. The Balaban J connectivity index is 1.66. The zero-order chi connectivity index (χ0) is 17.2. The summed E-state index contributed by atoms with van der Waals surface area (Å²) in [6.45, 7) is 0. The van der Waals surface area contributed by atoms with Crippen LogP contribution in [0.3, 0.4) is 0 Å². The van der Waals surface area contributed by atoms with Gasteiger partial charge >= 0.3 is 5.97 Å². The number of rotatable bonds is 3. The van der Waals surface area contributed by atoms with Gasteiger partial charge in [-0.1, -0.05) is 12.8 Å². The van der Waals surface area contributed by atoms with Gasteiger partial charge in [0.05, 0.1) is 5.56 Å². The smallest absolute Gasteiger partial charge is 0.335 e. The number of aryl methyl sites for hydroxylation is 2. The van der Waals surface area contributed by atoms with Crippen LogP contribution in [0.25, 0.3) is 0 Å². The lowest BCUT2D eigenvalue weighted by Crippen LogP contribution is -2.04. The molecule has 2 aliphatic carbocycles. The Kier molecular flexibility index (Phi) is 4.48. The van der Waals surface area contributed by atoms with Crippen molar-refractivity contribution in [3.63, 3.8) is 0 Å². The van der Waals surface area contributed by atoms with Crippen LogP contribution in [0.5, 0.6) is 0 Å². The SMILES string of the molecule is O=C(O)c1ccc(Nc2cc3c4c(c2)CCCCC4CCCC3)cc1. The van der Waals surface area contributed by atoms with E-state index in [1.165, 1.54) is 62.5 Å². The van der Waals surface area contributed by atoms with E-state index < -0.39 is 5.97 Å². The van der Waals surface area contributed by atoms with E-state index in [9.17, 15) is 4.79 Å². The Morgan fingerprint density at radius 3 is 2.04 bits per heavy atom. The Bertz CT molecular complexity index is 746. The Hall–Kier alpha value is -2.29. The van der Waals surface area contributed by atoms with Crippen LogP contribution < -0.4 is 5.32 Å². The molecule has 4 rings (SSSR count). The van der Waals surface area contributed by atoms with Crippen molar-refractivity contribution >= 4 is 17.3 Å². The molecule has 0 amide bonds. The summed E-state index contributed by atoms with van der Waals surface area (Å²) in [5, 5.41) is 12.5. The number of carboxylic acids is 1. The fraction of sp³-hybridized carbons (Fsp3) is 0.409. The molecule has 3 heteroatoms. The van der Waals surface area contributed by atoms with Gasteiger partial charge in [0, 0.05) is 11.4 Å². The van der Waals surface area contributed by atoms with E-state index in [1.54, 1.807) is 17.7 Å². The molecule has 0 saturated heterocycles. The van der Waals surface area contributed by atoms with Crippen LogP contribution in [0.1, 0.15) is 71.5 Å². The highest BCUT2D eigenvalue weighted by atomic mass is 16.4. The monoisotopic (exact) mass is 335 g/mol. The number of carboxylic acid groups (broad SMARTS) is 1. The molecule has 3 nitrogen and oxygen atoms in total.